The molecular weight excluding hydrogens is 327 g/mol. The van der Waals surface area contributed by atoms with E-state index in [4.69, 9.17) is 0 Å². The Labute approximate surface area is 144 Å². The molecule has 4 nitrogen and oxygen atoms in total. The Kier molecular flexibility index (Phi) is 5.25. The standard InChI is InChI=1S/C18H19FN2O2S/c19-14-8-6-13(7-9-14)12-20-17(22)15-4-1-2-10-21(15)18(23)16-5-3-11-24-16/h3,5-9,11,15H,1-2,4,10,12H2,(H,20,22)/t15-/m1/s1. The van der Waals surface area contributed by atoms with E-state index in [1.54, 1.807) is 23.1 Å². The number of piperidine rings is 1. The Balaban J connectivity index is 1.65. The van der Waals surface area contributed by atoms with Crippen LogP contribution < -0.4 is 5.32 Å². The molecule has 0 unspecified atom stereocenters. The van der Waals surface area contributed by atoms with Gasteiger partial charge in [0, 0.05) is 13.1 Å². The van der Waals surface area contributed by atoms with E-state index in [2.05, 4.69) is 5.32 Å². The van der Waals surface area contributed by atoms with Crippen molar-refractivity contribution < 1.29 is 14.0 Å². The zero-order chi connectivity index (χ0) is 16.9. The maximum atomic E-state index is 12.9. The van der Waals surface area contributed by atoms with Crippen molar-refractivity contribution in [2.24, 2.45) is 0 Å². The normalized spacial score (nSPS) is 17.5. The van der Waals surface area contributed by atoms with Gasteiger partial charge in [0.25, 0.3) is 5.91 Å². The van der Waals surface area contributed by atoms with Gasteiger partial charge in [-0.05, 0) is 48.4 Å². The molecule has 1 aromatic carbocycles. The first-order valence-electron chi connectivity index (χ1n) is 8.02. The van der Waals surface area contributed by atoms with Crippen molar-refractivity contribution in [2.45, 2.75) is 31.8 Å². The highest BCUT2D eigenvalue weighted by molar-refractivity contribution is 7.12. The second kappa shape index (κ2) is 7.57. The Morgan fingerprint density at radius 3 is 2.71 bits per heavy atom. The number of nitrogens with zero attached hydrogens (tertiary/aromatic N) is 1. The van der Waals surface area contributed by atoms with Gasteiger partial charge in [0.1, 0.15) is 11.9 Å². The predicted molar refractivity (Wildman–Crippen MR) is 91.2 cm³/mol. The molecule has 0 spiro atoms. The first-order chi connectivity index (χ1) is 11.6. The van der Waals surface area contributed by atoms with Gasteiger partial charge in [0.05, 0.1) is 4.88 Å². The van der Waals surface area contributed by atoms with Crippen LogP contribution in [0.3, 0.4) is 0 Å². The first-order valence-corrected chi connectivity index (χ1v) is 8.90. The van der Waals surface area contributed by atoms with Gasteiger partial charge in [-0.15, -0.1) is 11.3 Å². The zero-order valence-electron chi connectivity index (χ0n) is 13.2. The summed E-state index contributed by atoms with van der Waals surface area (Å²) in [6, 6.07) is 9.22. The second-order valence-corrected chi connectivity index (χ2v) is 6.78. The number of halogens is 1. The molecule has 1 fully saturated rings. The van der Waals surface area contributed by atoms with Crippen LogP contribution in [0.25, 0.3) is 0 Å². The fourth-order valence-corrected chi connectivity index (χ4v) is 3.58. The summed E-state index contributed by atoms with van der Waals surface area (Å²) in [4.78, 5) is 27.5. The molecule has 0 bridgehead atoms. The van der Waals surface area contributed by atoms with Crippen LogP contribution in [0, 0.1) is 5.82 Å². The number of amides is 2. The largest absolute Gasteiger partial charge is 0.350 e. The van der Waals surface area contributed by atoms with E-state index >= 15 is 0 Å². The van der Waals surface area contributed by atoms with E-state index in [0.29, 0.717) is 24.4 Å². The number of carbonyl (C=O) groups excluding carboxylic acids is 2. The van der Waals surface area contributed by atoms with Gasteiger partial charge in [-0.3, -0.25) is 9.59 Å². The zero-order valence-corrected chi connectivity index (χ0v) is 14.0. The number of hydrogen-bond donors (Lipinski definition) is 1. The van der Waals surface area contributed by atoms with Gasteiger partial charge in [-0.2, -0.15) is 0 Å². The summed E-state index contributed by atoms with van der Waals surface area (Å²) in [5, 5.41) is 4.73. The van der Waals surface area contributed by atoms with Gasteiger partial charge in [-0.1, -0.05) is 18.2 Å². The summed E-state index contributed by atoms with van der Waals surface area (Å²) in [6.07, 6.45) is 2.52. The lowest BCUT2D eigenvalue weighted by Crippen LogP contribution is -2.51. The summed E-state index contributed by atoms with van der Waals surface area (Å²) in [5.41, 5.74) is 0.830. The van der Waals surface area contributed by atoms with E-state index in [1.807, 2.05) is 11.4 Å². The molecule has 3 rings (SSSR count). The van der Waals surface area contributed by atoms with Gasteiger partial charge >= 0.3 is 0 Å². The fraction of sp³-hybridized carbons (Fsp3) is 0.333. The van der Waals surface area contributed by atoms with E-state index in [9.17, 15) is 14.0 Å². The maximum Gasteiger partial charge on any atom is 0.264 e. The topological polar surface area (TPSA) is 49.4 Å². The molecule has 0 aliphatic carbocycles. The van der Waals surface area contributed by atoms with Crippen LogP contribution in [0.4, 0.5) is 4.39 Å². The minimum atomic E-state index is -0.436. The van der Waals surface area contributed by atoms with Crippen molar-refractivity contribution in [3.63, 3.8) is 0 Å². The maximum absolute atomic E-state index is 12.9. The molecular formula is C18H19FN2O2S. The summed E-state index contributed by atoms with van der Waals surface area (Å²) in [5.74, 6) is -0.527. The summed E-state index contributed by atoms with van der Waals surface area (Å²) < 4.78 is 12.9. The first kappa shape index (κ1) is 16.6. The molecule has 0 saturated carbocycles. The Morgan fingerprint density at radius 2 is 2.00 bits per heavy atom. The van der Waals surface area contributed by atoms with Gasteiger partial charge in [0.2, 0.25) is 5.91 Å². The molecule has 2 amide bonds. The molecule has 1 N–H and O–H groups in total. The molecule has 1 aliphatic heterocycles. The number of hydrogen-bond acceptors (Lipinski definition) is 3. The molecule has 1 aliphatic rings. The quantitative estimate of drug-likeness (QED) is 0.924. The second-order valence-electron chi connectivity index (χ2n) is 5.83. The van der Waals surface area contributed by atoms with Crippen LogP contribution in [0.1, 0.15) is 34.5 Å². The highest BCUT2D eigenvalue weighted by Gasteiger charge is 2.32. The van der Waals surface area contributed by atoms with Crippen LogP contribution in [0.2, 0.25) is 0 Å². The van der Waals surface area contributed by atoms with Crippen molar-refractivity contribution >= 4 is 23.2 Å². The number of likely N-dealkylation sites (tertiary alicyclic amines) is 1. The number of thiophene rings is 1. The predicted octanol–water partition coefficient (Wildman–Crippen LogP) is 3.20. The molecule has 126 valence electrons. The molecule has 1 atom stereocenters. The van der Waals surface area contributed by atoms with Crippen LogP contribution in [-0.4, -0.2) is 29.3 Å². The highest BCUT2D eigenvalue weighted by Crippen LogP contribution is 2.22. The average Bonchev–Trinajstić information content (AvgIpc) is 3.15. The van der Waals surface area contributed by atoms with Crippen LogP contribution in [-0.2, 0) is 11.3 Å². The number of benzene rings is 1. The van der Waals surface area contributed by atoms with E-state index < -0.39 is 6.04 Å². The summed E-state index contributed by atoms with van der Waals surface area (Å²) in [6.45, 7) is 0.933. The minimum Gasteiger partial charge on any atom is -0.350 e. The van der Waals surface area contributed by atoms with Gasteiger partial charge < -0.3 is 10.2 Å². The lowest BCUT2D eigenvalue weighted by atomic mass is 10.0. The molecule has 1 saturated heterocycles. The number of carbonyl (C=O) groups is 2. The van der Waals surface area contributed by atoms with Crippen molar-refractivity contribution in [3.05, 3.63) is 58.0 Å². The van der Waals surface area contributed by atoms with Crippen molar-refractivity contribution in [3.8, 4) is 0 Å². The van der Waals surface area contributed by atoms with Gasteiger partial charge in [-0.25, -0.2) is 4.39 Å². The van der Waals surface area contributed by atoms with Crippen LogP contribution in [0.5, 0.6) is 0 Å². The number of rotatable bonds is 4. The van der Waals surface area contributed by atoms with Crippen molar-refractivity contribution in [1.29, 1.82) is 0 Å². The minimum absolute atomic E-state index is 0.0772. The molecule has 2 heterocycles. The molecule has 2 aromatic rings. The van der Waals surface area contributed by atoms with Gasteiger partial charge in [0.15, 0.2) is 0 Å². The summed E-state index contributed by atoms with van der Waals surface area (Å²) in [7, 11) is 0. The molecule has 0 radical (unpaired) electrons. The lowest BCUT2D eigenvalue weighted by molar-refractivity contribution is -0.126. The van der Waals surface area contributed by atoms with E-state index in [0.717, 1.165) is 18.4 Å². The van der Waals surface area contributed by atoms with Crippen LogP contribution in [0.15, 0.2) is 41.8 Å². The fourth-order valence-electron chi connectivity index (χ4n) is 2.90. The number of nitrogens with one attached hydrogen (secondary N) is 1. The monoisotopic (exact) mass is 346 g/mol. The van der Waals surface area contributed by atoms with Crippen LogP contribution >= 0.6 is 11.3 Å². The van der Waals surface area contributed by atoms with E-state index in [-0.39, 0.29) is 17.6 Å². The third kappa shape index (κ3) is 3.82. The highest BCUT2D eigenvalue weighted by atomic mass is 32.1. The average molecular weight is 346 g/mol. The lowest BCUT2D eigenvalue weighted by Gasteiger charge is -2.34. The SMILES string of the molecule is O=C(NCc1ccc(F)cc1)[C@H]1CCCCN1C(=O)c1cccs1. The smallest absolute Gasteiger partial charge is 0.264 e. The third-order valence-electron chi connectivity index (χ3n) is 4.18. The van der Waals surface area contributed by atoms with Crippen molar-refractivity contribution in [2.75, 3.05) is 6.54 Å². The molecule has 1 aromatic heterocycles. The summed E-state index contributed by atoms with van der Waals surface area (Å²) >= 11 is 1.39. The Bertz CT molecular complexity index is 700. The van der Waals surface area contributed by atoms with Crippen molar-refractivity contribution in [1.82, 2.24) is 10.2 Å². The van der Waals surface area contributed by atoms with E-state index in [1.165, 1.54) is 23.5 Å². The Hall–Kier alpha value is -2.21. The molecule has 6 heteroatoms. The molecule has 24 heavy (non-hydrogen) atoms. The third-order valence-corrected chi connectivity index (χ3v) is 5.04. The Morgan fingerprint density at radius 1 is 1.21 bits per heavy atom.